The number of hydrogen-bond donors (Lipinski definition) is 0. The summed E-state index contributed by atoms with van der Waals surface area (Å²) in [5, 5.41) is 0.716. The zero-order chi connectivity index (χ0) is 19.9. The van der Waals surface area contributed by atoms with Crippen molar-refractivity contribution in [3.8, 4) is 0 Å². The lowest BCUT2D eigenvalue weighted by Crippen LogP contribution is -2.46. The number of amides is 1. The van der Waals surface area contributed by atoms with Gasteiger partial charge >= 0.3 is 5.97 Å². The largest absolute Gasteiger partial charge is 0.449 e. The van der Waals surface area contributed by atoms with Gasteiger partial charge in [-0.3, -0.25) is 4.79 Å². The first-order valence-electron chi connectivity index (χ1n) is 9.08. The fraction of sp³-hybridized carbons (Fsp3) is 0.333. The lowest BCUT2D eigenvalue weighted by Gasteiger charge is -2.28. The van der Waals surface area contributed by atoms with E-state index in [9.17, 15) is 9.59 Å². The molecule has 0 saturated carbocycles. The summed E-state index contributed by atoms with van der Waals surface area (Å²) in [6.45, 7) is 3.69. The molecule has 0 bridgehead atoms. The second-order valence-corrected chi connectivity index (χ2v) is 7.91. The molecule has 1 aliphatic heterocycles. The fourth-order valence-electron chi connectivity index (χ4n) is 2.75. The molecule has 0 N–H and O–H groups in total. The van der Waals surface area contributed by atoms with Gasteiger partial charge in [-0.1, -0.05) is 23.7 Å². The highest BCUT2D eigenvalue weighted by Gasteiger charge is 2.25. The number of rotatable bonds is 6. The number of esters is 1. The van der Waals surface area contributed by atoms with Crippen LogP contribution in [0.15, 0.2) is 53.4 Å². The third kappa shape index (κ3) is 5.74. The fourth-order valence-corrected chi connectivity index (χ4v) is 3.73. The van der Waals surface area contributed by atoms with E-state index in [-0.39, 0.29) is 5.91 Å². The Morgan fingerprint density at radius 1 is 1.11 bits per heavy atom. The van der Waals surface area contributed by atoms with Crippen LogP contribution in [-0.4, -0.2) is 49.2 Å². The molecule has 1 amide bonds. The van der Waals surface area contributed by atoms with Gasteiger partial charge in [0.2, 0.25) is 0 Å². The highest BCUT2D eigenvalue weighted by molar-refractivity contribution is 7.98. The van der Waals surface area contributed by atoms with Crippen molar-refractivity contribution in [3.05, 3.63) is 64.7 Å². The van der Waals surface area contributed by atoms with E-state index >= 15 is 0 Å². The molecule has 3 rings (SSSR count). The molecule has 1 fully saturated rings. The Morgan fingerprint density at radius 2 is 1.75 bits per heavy atom. The van der Waals surface area contributed by atoms with Crippen LogP contribution in [0.4, 0.5) is 0 Å². The van der Waals surface area contributed by atoms with Crippen molar-refractivity contribution in [1.82, 2.24) is 4.90 Å². The lowest BCUT2D eigenvalue weighted by atomic mass is 10.1. The lowest BCUT2D eigenvalue weighted by molar-refractivity contribution is -0.143. The van der Waals surface area contributed by atoms with Crippen LogP contribution < -0.4 is 0 Å². The maximum Gasteiger partial charge on any atom is 0.338 e. The maximum absolute atomic E-state index is 12.3. The van der Waals surface area contributed by atoms with E-state index < -0.39 is 12.1 Å². The van der Waals surface area contributed by atoms with Crippen LogP contribution in [-0.2, 0) is 20.0 Å². The van der Waals surface area contributed by atoms with Crippen LogP contribution in [0.25, 0.3) is 0 Å². The Kier molecular flexibility index (Phi) is 7.36. The van der Waals surface area contributed by atoms with Gasteiger partial charge in [0, 0.05) is 28.8 Å². The van der Waals surface area contributed by atoms with E-state index in [0.717, 1.165) is 16.2 Å². The molecule has 148 valence electrons. The van der Waals surface area contributed by atoms with Gasteiger partial charge in [-0.05, 0) is 48.9 Å². The molecule has 2 aromatic carbocycles. The van der Waals surface area contributed by atoms with Crippen LogP contribution in [0.1, 0.15) is 22.8 Å². The summed E-state index contributed by atoms with van der Waals surface area (Å²) in [7, 11) is 0. The summed E-state index contributed by atoms with van der Waals surface area (Å²) >= 11 is 7.58. The van der Waals surface area contributed by atoms with Crippen molar-refractivity contribution in [2.45, 2.75) is 23.7 Å². The number of carbonyl (C=O) groups is 2. The minimum Gasteiger partial charge on any atom is -0.449 e. The van der Waals surface area contributed by atoms with Crippen molar-refractivity contribution in [1.29, 1.82) is 0 Å². The average Bonchev–Trinajstić information content (AvgIpc) is 2.73. The third-order valence-electron chi connectivity index (χ3n) is 4.36. The van der Waals surface area contributed by atoms with E-state index in [4.69, 9.17) is 21.1 Å². The Hall–Kier alpha value is -2.02. The summed E-state index contributed by atoms with van der Waals surface area (Å²) < 4.78 is 10.6. The van der Waals surface area contributed by atoms with E-state index in [1.807, 2.05) is 36.4 Å². The van der Waals surface area contributed by atoms with Gasteiger partial charge < -0.3 is 14.4 Å². The molecule has 0 spiro atoms. The van der Waals surface area contributed by atoms with Crippen molar-refractivity contribution in [3.63, 3.8) is 0 Å². The maximum atomic E-state index is 12.3. The van der Waals surface area contributed by atoms with Gasteiger partial charge in [-0.15, -0.1) is 11.8 Å². The zero-order valence-electron chi connectivity index (χ0n) is 15.6. The van der Waals surface area contributed by atoms with E-state index in [2.05, 4.69) is 0 Å². The first-order valence-corrected chi connectivity index (χ1v) is 10.4. The van der Waals surface area contributed by atoms with Gasteiger partial charge in [-0.25, -0.2) is 4.79 Å². The molecule has 1 aliphatic rings. The monoisotopic (exact) mass is 419 g/mol. The minimum absolute atomic E-state index is 0.187. The summed E-state index contributed by atoms with van der Waals surface area (Å²) in [4.78, 5) is 27.5. The number of carbonyl (C=O) groups excluding carboxylic acids is 2. The summed E-state index contributed by atoms with van der Waals surface area (Å²) in [5.74, 6) is 0.0988. The smallest absolute Gasteiger partial charge is 0.338 e. The molecule has 0 radical (unpaired) electrons. The van der Waals surface area contributed by atoms with Crippen molar-refractivity contribution in [2.75, 3.05) is 26.3 Å². The van der Waals surface area contributed by atoms with Crippen LogP contribution in [0.2, 0.25) is 5.02 Å². The predicted molar refractivity (Wildman–Crippen MR) is 110 cm³/mol. The highest BCUT2D eigenvalue weighted by atomic mass is 35.5. The van der Waals surface area contributed by atoms with E-state index in [1.165, 1.54) is 0 Å². The molecule has 7 heteroatoms. The Balaban J connectivity index is 1.51. The number of halogens is 1. The van der Waals surface area contributed by atoms with Crippen LogP contribution in [0.3, 0.4) is 0 Å². The molecule has 0 aliphatic carbocycles. The van der Waals surface area contributed by atoms with Crippen molar-refractivity contribution >= 4 is 35.2 Å². The molecular formula is C21H22ClNO4S. The molecule has 1 unspecified atom stereocenters. The van der Waals surface area contributed by atoms with Crippen molar-refractivity contribution in [2.24, 2.45) is 0 Å². The van der Waals surface area contributed by atoms with Gasteiger partial charge in [0.15, 0.2) is 6.10 Å². The highest BCUT2D eigenvalue weighted by Crippen LogP contribution is 2.24. The molecule has 1 saturated heterocycles. The number of ether oxygens (including phenoxy) is 2. The quantitative estimate of drug-likeness (QED) is 0.522. The Labute approximate surface area is 174 Å². The summed E-state index contributed by atoms with van der Waals surface area (Å²) in [6, 6.07) is 14.9. The van der Waals surface area contributed by atoms with Crippen molar-refractivity contribution < 1.29 is 19.1 Å². The third-order valence-corrected chi connectivity index (χ3v) is 5.70. The second-order valence-electron chi connectivity index (χ2n) is 6.42. The average molecular weight is 420 g/mol. The van der Waals surface area contributed by atoms with Gasteiger partial charge in [-0.2, -0.15) is 0 Å². The Morgan fingerprint density at radius 3 is 2.39 bits per heavy atom. The van der Waals surface area contributed by atoms with E-state index in [0.29, 0.717) is 36.9 Å². The normalized spacial score (nSPS) is 15.1. The zero-order valence-corrected chi connectivity index (χ0v) is 17.2. The number of benzene rings is 2. The number of hydrogen-bond acceptors (Lipinski definition) is 5. The molecule has 28 heavy (non-hydrogen) atoms. The summed E-state index contributed by atoms with van der Waals surface area (Å²) in [6.07, 6.45) is -0.814. The first-order chi connectivity index (χ1) is 13.5. The van der Waals surface area contributed by atoms with Crippen LogP contribution in [0.5, 0.6) is 0 Å². The molecule has 1 heterocycles. The molecule has 5 nitrogen and oxygen atoms in total. The van der Waals surface area contributed by atoms with E-state index in [1.54, 1.807) is 35.7 Å². The van der Waals surface area contributed by atoms with Crippen LogP contribution in [0, 0.1) is 0 Å². The van der Waals surface area contributed by atoms with Gasteiger partial charge in [0.05, 0.1) is 18.8 Å². The van der Waals surface area contributed by atoms with Gasteiger partial charge in [0.25, 0.3) is 5.91 Å². The standard InChI is InChI=1S/C21H22ClNO4S/c1-15(20(24)23-10-12-26-13-11-23)27-21(25)17-4-2-16(3-5-17)14-28-19-8-6-18(22)7-9-19/h2-9,15H,10-14H2,1H3. The Bertz CT molecular complexity index is 804. The number of morpholine rings is 1. The topological polar surface area (TPSA) is 55.8 Å². The molecular weight excluding hydrogens is 398 g/mol. The SMILES string of the molecule is CC(OC(=O)c1ccc(CSc2ccc(Cl)cc2)cc1)C(=O)N1CCOCC1. The first kappa shape index (κ1) is 20.7. The predicted octanol–water partition coefficient (Wildman–Crippen LogP) is 4.04. The molecule has 0 aromatic heterocycles. The van der Waals surface area contributed by atoms with Gasteiger partial charge in [0.1, 0.15) is 0 Å². The number of thioether (sulfide) groups is 1. The molecule has 1 atom stereocenters. The second kappa shape index (κ2) is 9.96. The minimum atomic E-state index is -0.814. The van der Waals surface area contributed by atoms with Crippen LogP contribution >= 0.6 is 23.4 Å². The number of nitrogens with zero attached hydrogens (tertiary/aromatic N) is 1. The molecule has 2 aromatic rings. The summed E-state index contributed by atoms with van der Waals surface area (Å²) in [5.41, 5.74) is 1.52.